The maximum atomic E-state index is 13.3. The Kier molecular flexibility index (Phi) is 8.24. The van der Waals surface area contributed by atoms with E-state index in [1.807, 2.05) is 13.8 Å². The molecule has 1 atom stereocenters. The van der Waals surface area contributed by atoms with Crippen molar-refractivity contribution >= 4 is 33.4 Å². The van der Waals surface area contributed by atoms with Crippen LogP contribution in [0.25, 0.3) is 0 Å². The third kappa shape index (κ3) is 5.92. The van der Waals surface area contributed by atoms with Crippen LogP contribution in [0.5, 0.6) is 0 Å². The average Bonchev–Trinajstić information content (AvgIpc) is 2.68. The maximum absolute atomic E-state index is 13.3. The van der Waals surface area contributed by atoms with Gasteiger partial charge < -0.3 is 10.2 Å². The summed E-state index contributed by atoms with van der Waals surface area (Å²) in [7, 11) is -0.533. The van der Waals surface area contributed by atoms with Crippen LogP contribution in [-0.2, 0) is 19.6 Å². The summed E-state index contributed by atoms with van der Waals surface area (Å²) in [6.45, 7) is 4.28. The van der Waals surface area contributed by atoms with E-state index in [9.17, 15) is 22.4 Å². The molecule has 1 aliphatic heterocycles. The van der Waals surface area contributed by atoms with Crippen LogP contribution in [0.1, 0.15) is 33.1 Å². The molecule has 2 amide bonds. The Labute approximate surface area is 182 Å². The van der Waals surface area contributed by atoms with Gasteiger partial charge in [0.25, 0.3) is 0 Å². The number of amides is 2. The predicted molar refractivity (Wildman–Crippen MR) is 113 cm³/mol. The van der Waals surface area contributed by atoms with Crippen LogP contribution < -0.4 is 5.32 Å². The first-order valence-corrected chi connectivity index (χ1v) is 11.7. The minimum Gasteiger partial charge on any atom is -0.347 e. The van der Waals surface area contributed by atoms with Gasteiger partial charge in [-0.3, -0.25) is 9.59 Å². The molecule has 1 heterocycles. The Morgan fingerprint density at radius 3 is 2.37 bits per heavy atom. The number of likely N-dealkylation sites (N-methyl/N-ethyl adjacent to an activating group) is 1. The van der Waals surface area contributed by atoms with E-state index in [1.165, 1.54) is 15.3 Å². The molecule has 0 bridgehead atoms. The number of sulfonamides is 1. The molecule has 0 spiro atoms. The number of carbonyl (C=O) groups is 2. The molecule has 1 aromatic rings. The van der Waals surface area contributed by atoms with Gasteiger partial charge in [0, 0.05) is 33.1 Å². The summed E-state index contributed by atoms with van der Waals surface area (Å²) >= 11 is 5.71. The molecule has 2 rings (SSSR count). The number of hydrogen-bond acceptors (Lipinski definition) is 4. The van der Waals surface area contributed by atoms with E-state index < -0.39 is 21.9 Å². The minimum atomic E-state index is -3.82. The Balaban J connectivity index is 2.02. The number of halogens is 2. The van der Waals surface area contributed by atoms with Gasteiger partial charge in [0.15, 0.2) is 0 Å². The number of benzene rings is 1. The van der Waals surface area contributed by atoms with Crippen LogP contribution in [0.15, 0.2) is 23.1 Å². The summed E-state index contributed by atoms with van der Waals surface area (Å²) in [5.74, 6) is -1.23. The zero-order valence-corrected chi connectivity index (χ0v) is 19.3. The Bertz CT molecular complexity index is 884. The van der Waals surface area contributed by atoms with Gasteiger partial charge in [0.1, 0.15) is 11.9 Å². The fraction of sp³-hybridized carbons (Fsp3) is 0.600. The van der Waals surface area contributed by atoms with Crippen molar-refractivity contribution in [3.05, 3.63) is 29.0 Å². The lowest BCUT2D eigenvalue weighted by Gasteiger charge is -2.32. The number of rotatable bonds is 7. The molecular weight excluding hydrogens is 433 g/mol. The Morgan fingerprint density at radius 1 is 1.27 bits per heavy atom. The molecule has 0 unspecified atom stereocenters. The zero-order chi connectivity index (χ0) is 22.6. The molecule has 0 saturated carbocycles. The highest BCUT2D eigenvalue weighted by molar-refractivity contribution is 7.89. The number of piperidine rings is 1. The molecule has 0 aromatic heterocycles. The van der Waals surface area contributed by atoms with Gasteiger partial charge in [0.05, 0.1) is 9.92 Å². The van der Waals surface area contributed by atoms with Crippen molar-refractivity contribution in [2.45, 2.75) is 44.0 Å². The van der Waals surface area contributed by atoms with Crippen LogP contribution >= 0.6 is 11.6 Å². The van der Waals surface area contributed by atoms with E-state index >= 15 is 0 Å². The highest BCUT2D eigenvalue weighted by Crippen LogP contribution is 2.26. The highest BCUT2D eigenvalue weighted by Gasteiger charge is 2.34. The molecule has 0 radical (unpaired) electrons. The van der Waals surface area contributed by atoms with Gasteiger partial charge in [-0.1, -0.05) is 25.4 Å². The normalized spacial score (nSPS) is 17.0. The van der Waals surface area contributed by atoms with Gasteiger partial charge in [-0.05, 0) is 43.4 Å². The molecule has 1 aliphatic rings. The second-order valence-corrected chi connectivity index (χ2v) is 10.5. The molecule has 1 fully saturated rings. The van der Waals surface area contributed by atoms with Crippen molar-refractivity contribution < 1.29 is 22.4 Å². The number of hydrogen-bond donors (Lipinski definition) is 1. The van der Waals surface area contributed by atoms with Gasteiger partial charge in [-0.15, -0.1) is 0 Å². The van der Waals surface area contributed by atoms with Crippen molar-refractivity contribution in [3.63, 3.8) is 0 Å². The summed E-state index contributed by atoms with van der Waals surface area (Å²) in [6.07, 6.45) is 1.20. The van der Waals surface area contributed by atoms with Crippen LogP contribution in [0.3, 0.4) is 0 Å². The van der Waals surface area contributed by atoms with Crippen LogP contribution in [0.2, 0.25) is 5.02 Å². The molecule has 1 saturated heterocycles. The predicted octanol–water partition coefficient (Wildman–Crippen LogP) is 2.50. The van der Waals surface area contributed by atoms with Crippen molar-refractivity contribution in [2.75, 3.05) is 27.2 Å². The molecule has 30 heavy (non-hydrogen) atoms. The fourth-order valence-electron chi connectivity index (χ4n) is 3.44. The number of nitrogens with one attached hydrogen (secondary N) is 1. The standard InChI is InChI=1S/C20H29ClFN3O4S/c1-13(2)11-18(20(27)24(3)4)23-19(26)14-7-9-25(10-8-14)30(28,29)15-5-6-17(22)16(21)12-15/h5-6,12-14,18H,7-11H2,1-4H3,(H,23,26)/t18-/m0/s1. The van der Waals surface area contributed by atoms with Crippen LogP contribution in [0.4, 0.5) is 4.39 Å². The molecule has 7 nitrogen and oxygen atoms in total. The van der Waals surface area contributed by atoms with E-state index in [1.54, 1.807) is 14.1 Å². The quantitative estimate of drug-likeness (QED) is 0.675. The largest absolute Gasteiger partial charge is 0.347 e. The molecule has 10 heteroatoms. The second-order valence-electron chi connectivity index (χ2n) is 8.18. The molecular formula is C20H29ClFN3O4S. The lowest BCUT2D eigenvalue weighted by molar-refractivity contribution is -0.136. The number of nitrogens with zero attached hydrogens (tertiary/aromatic N) is 2. The van der Waals surface area contributed by atoms with Gasteiger partial charge >= 0.3 is 0 Å². The van der Waals surface area contributed by atoms with E-state index in [0.717, 1.165) is 12.1 Å². The van der Waals surface area contributed by atoms with Crippen molar-refractivity contribution in [1.29, 1.82) is 0 Å². The van der Waals surface area contributed by atoms with Gasteiger partial charge in [0.2, 0.25) is 21.8 Å². The molecule has 168 valence electrons. The SMILES string of the molecule is CC(C)C[C@H](NC(=O)C1CCN(S(=O)(=O)c2ccc(F)c(Cl)c2)CC1)C(=O)N(C)C. The van der Waals surface area contributed by atoms with E-state index in [4.69, 9.17) is 11.6 Å². The first-order valence-electron chi connectivity index (χ1n) is 9.90. The third-order valence-electron chi connectivity index (χ3n) is 5.12. The van der Waals surface area contributed by atoms with E-state index in [-0.39, 0.29) is 46.7 Å². The first-order chi connectivity index (χ1) is 13.9. The van der Waals surface area contributed by atoms with Crippen molar-refractivity contribution in [3.8, 4) is 0 Å². The van der Waals surface area contributed by atoms with E-state index in [0.29, 0.717) is 19.3 Å². The van der Waals surface area contributed by atoms with Crippen LogP contribution in [0, 0.1) is 17.7 Å². The molecule has 1 aromatic carbocycles. The highest BCUT2D eigenvalue weighted by atomic mass is 35.5. The minimum absolute atomic E-state index is 0.0784. The second kappa shape index (κ2) is 10.1. The summed E-state index contributed by atoms with van der Waals surface area (Å²) < 4.78 is 40.2. The van der Waals surface area contributed by atoms with E-state index in [2.05, 4.69) is 5.32 Å². The number of carbonyl (C=O) groups excluding carboxylic acids is 2. The van der Waals surface area contributed by atoms with Gasteiger partial charge in [-0.25, -0.2) is 12.8 Å². The first kappa shape index (κ1) is 24.6. The van der Waals surface area contributed by atoms with Crippen molar-refractivity contribution in [1.82, 2.24) is 14.5 Å². The molecule has 0 aliphatic carbocycles. The Hall–Kier alpha value is -1.71. The monoisotopic (exact) mass is 461 g/mol. The summed E-state index contributed by atoms with van der Waals surface area (Å²) in [5, 5.41) is 2.58. The average molecular weight is 462 g/mol. The lowest BCUT2D eigenvalue weighted by Crippen LogP contribution is -2.50. The topological polar surface area (TPSA) is 86.8 Å². The lowest BCUT2D eigenvalue weighted by atomic mass is 9.95. The summed E-state index contributed by atoms with van der Waals surface area (Å²) in [4.78, 5) is 26.5. The summed E-state index contributed by atoms with van der Waals surface area (Å²) in [5.41, 5.74) is 0. The fourth-order valence-corrected chi connectivity index (χ4v) is 5.18. The van der Waals surface area contributed by atoms with Gasteiger partial charge in [-0.2, -0.15) is 4.31 Å². The van der Waals surface area contributed by atoms with Crippen LogP contribution in [-0.4, -0.2) is 62.7 Å². The maximum Gasteiger partial charge on any atom is 0.244 e. The Morgan fingerprint density at radius 2 is 1.87 bits per heavy atom. The third-order valence-corrected chi connectivity index (χ3v) is 7.30. The smallest absolute Gasteiger partial charge is 0.244 e. The summed E-state index contributed by atoms with van der Waals surface area (Å²) in [6, 6.07) is 2.69. The molecule has 1 N–H and O–H groups in total. The van der Waals surface area contributed by atoms with Crippen molar-refractivity contribution in [2.24, 2.45) is 11.8 Å². The zero-order valence-electron chi connectivity index (χ0n) is 17.7.